The minimum Gasteiger partial charge on any atom is -0.497 e. The van der Waals surface area contributed by atoms with E-state index in [9.17, 15) is 9.59 Å². The monoisotopic (exact) mass is 429 g/mol. The Morgan fingerprint density at radius 1 is 1.24 bits per heavy atom. The Balaban J connectivity index is 1.80. The zero-order valence-electron chi connectivity index (χ0n) is 15.9. The van der Waals surface area contributed by atoms with Gasteiger partial charge in [0.25, 0.3) is 5.56 Å². The van der Waals surface area contributed by atoms with E-state index in [1.54, 1.807) is 43.5 Å². The molecule has 0 radical (unpaired) electrons. The molecule has 6 nitrogen and oxygen atoms in total. The average molecular weight is 430 g/mol. The van der Waals surface area contributed by atoms with Gasteiger partial charge in [-0.25, -0.2) is 4.98 Å². The van der Waals surface area contributed by atoms with Crippen molar-refractivity contribution in [2.45, 2.75) is 23.8 Å². The van der Waals surface area contributed by atoms with Gasteiger partial charge in [0.1, 0.15) is 5.75 Å². The highest BCUT2D eigenvalue weighted by Gasteiger charge is 2.20. The molecule has 2 N–H and O–H groups in total. The van der Waals surface area contributed by atoms with Crippen molar-refractivity contribution < 1.29 is 9.53 Å². The summed E-state index contributed by atoms with van der Waals surface area (Å²) in [4.78, 5) is 32.0. The zero-order valence-corrected chi connectivity index (χ0v) is 17.5. The van der Waals surface area contributed by atoms with Crippen LogP contribution in [0.5, 0.6) is 5.75 Å². The lowest BCUT2D eigenvalue weighted by molar-refractivity contribution is -0.115. The van der Waals surface area contributed by atoms with E-state index < -0.39 is 5.25 Å². The number of amides is 1. The number of hydrogen-bond donors (Lipinski definition) is 2. The zero-order chi connectivity index (χ0) is 20.8. The molecule has 150 valence electrons. The molecule has 0 bridgehead atoms. The predicted octanol–water partition coefficient (Wildman–Crippen LogP) is 4.61. The number of aromatic nitrogens is 2. The van der Waals surface area contributed by atoms with Crippen LogP contribution in [0.15, 0.2) is 64.5 Å². The fourth-order valence-corrected chi connectivity index (χ4v) is 3.73. The van der Waals surface area contributed by atoms with Crippen LogP contribution in [-0.4, -0.2) is 28.2 Å². The van der Waals surface area contributed by atoms with Crippen molar-refractivity contribution in [3.05, 3.63) is 70.0 Å². The lowest BCUT2D eigenvalue weighted by Gasteiger charge is -2.15. The molecule has 0 saturated heterocycles. The summed E-state index contributed by atoms with van der Waals surface area (Å²) in [5.41, 5.74) is 1.58. The molecular formula is C21H20ClN3O3S. The molecule has 1 atom stereocenters. The lowest BCUT2D eigenvalue weighted by atomic mass is 10.1. The second-order valence-electron chi connectivity index (χ2n) is 6.15. The van der Waals surface area contributed by atoms with Gasteiger partial charge in [-0.3, -0.25) is 9.59 Å². The van der Waals surface area contributed by atoms with Crippen molar-refractivity contribution in [3.63, 3.8) is 0 Å². The number of thioether (sulfide) groups is 1. The van der Waals surface area contributed by atoms with E-state index in [1.807, 2.05) is 19.1 Å². The van der Waals surface area contributed by atoms with Crippen LogP contribution in [0.3, 0.4) is 0 Å². The lowest BCUT2D eigenvalue weighted by Crippen LogP contribution is -2.25. The van der Waals surface area contributed by atoms with Crippen molar-refractivity contribution in [2.24, 2.45) is 0 Å². The van der Waals surface area contributed by atoms with Crippen LogP contribution in [0.4, 0.5) is 5.69 Å². The summed E-state index contributed by atoms with van der Waals surface area (Å²) < 4.78 is 5.16. The molecule has 8 heteroatoms. The average Bonchev–Trinajstić information content (AvgIpc) is 2.73. The number of hydrogen-bond acceptors (Lipinski definition) is 5. The summed E-state index contributed by atoms with van der Waals surface area (Å²) in [6.45, 7) is 1.90. The summed E-state index contributed by atoms with van der Waals surface area (Å²) in [7, 11) is 1.59. The van der Waals surface area contributed by atoms with Gasteiger partial charge >= 0.3 is 0 Å². The molecule has 1 aromatic heterocycles. The van der Waals surface area contributed by atoms with Crippen molar-refractivity contribution in [2.75, 3.05) is 12.4 Å². The van der Waals surface area contributed by atoms with Crippen LogP contribution in [0, 0.1) is 0 Å². The first-order valence-corrected chi connectivity index (χ1v) is 10.2. The summed E-state index contributed by atoms with van der Waals surface area (Å²) >= 11 is 7.32. The van der Waals surface area contributed by atoms with Crippen molar-refractivity contribution in [1.82, 2.24) is 9.97 Å². The Kier molecular flexibility index (Phi) is 6.95. The molecule has 3 rings (SSSR count). The van der Waals surface area contributed by atoms with Crippen molar-refractivity contribution in [1.29, 1.82) is 0 Å². The third kappa shape index (κ3) is 5.40. The number of carbonyl (C=O) groups is 1. The molecule has 1 amide bonds. The summed E-state index contributed by atoms with van der Waals surface area (Å²) in [6.07, 6.45) is 0.553. The number of halogens is 1. The minimum atomic E-state index is -0.444. The third-order valence-corrected chi connectivity index (χ3v) is 5.73. The molecule has 1 heterocycles. The topological polar surface area (TPSA) is 84.1 Å². The molecule has 0 saturated carbocycles. The molecule has 2 aromatic carbocycles. The van der Waals surface area contributed by atoms with Crippen LogP contribution in [-0.2, 0) is 4.79 Å². The Bertz CT molecular complexity index is 1050. The van der Waals surface area contributed by atoms with E-state index in [0.717, 1.165) is 11.3 Å². The van der Waals surface area contributed by atoms with E-state index in [2.05, 4.69) is 15.3 Å². The smallest absolute Gasteiger partial charge is 0.252 e. The van der Waals surface area contributed by atoms with E-state index in [1.165, 1.54) is 17.8 Å². The first kappa shape index (κ1) is 21.0. The standard InChI is InChI=1S/C21H20ClN3O3S/c1-3-18(20(27)23-16-7-5-4-6-15(16)22)29-21-24-17(12-19(26)25-21)13-8-10-14(28-2)11-9-13/h4-12,18H,3H2,1-2H3,(H,23,27)(H,24,25,26). The maximum Gasteiger partial charge on any atom is 0.252 e. The van der Waals surface area contributed by atoms with Crippen LogP contribution in [0.1, 0.15) is 13.3 Å². The van der Waals surface area contributed by atoms with E-state index in [0.29, 0.717) is 28.0 Å². The molecule has 0 aliphatic heterocycles. The second kappa shape index (κ2) is 9.62. The fourth-order valence-electron chi connectivity index (χ4n) is 2.63. The molecule has 0 aliphatic rings. The first-order valence-electron chi connectivity index (χ1n) is 8.98. The summed E-state index contributed by atoms with van der Waals surface area (Å²) in [5, 5.41) is 3.23. The largest absolute Gasteiger partial charge is 0.497 e. The van der Waals surface area contributed by atoms with Gasteiger partial charge in [-0.15, -0.1) is 0 Å². The number of aromatic amines is 1. The molecule has 3 aromatic rings. The van der Waals surface area contributed by atoms with E-state index in [-0.39, 0.29) is 11.5 Å². The quantitative estimate of drug-likeness (QED) is 0.423. The van der Waals surface area contributed by atoms with E-state index >= 15 is 0 Å². The molecule has 29 heavy (non-hydrogen) atoms. The number of methoxy groups -OCH3 is 1. The Labute approximate surface area is 177 Å². The number of para-hydroxylation sites is 1. The van der Waals surface area contributed by atoms with Crippen molar-refractivity contribution >= 4 is 35.0 Å². The molecule has 0 spiro atoms. The summed E-state index contributed by atoms with van der Waals surface area (Å²) in [6, 6.07) is 15.7. The number of ether oxygens (including phenoxy) is 1. The first-order chi connectivity index (χ1) is 14.0. The Morgan fingerprint density at radius 2 is 1.97 bits per heavy atom. The predicted molar refractivity (Wildman–Crippen MR) is 117 cm³/mol. The molecular weight excluding hydrogens is 410 g/mol. The van der Waals surface area contributed by atoms with Gasteiger partial charge in [0.2, 0.25) is 5.91 Å². The van der Waals surface area contributed by atoms with Crippen LogP contribution >= 0.6 is 23.4 Å². The van der Waals surface area contributed by atoms with Crippen LogP contribution < -0.4 is 15.6 Å². The fraction of sp³-hybridized carbons (Fsp3) is 0.190. The van der Waals surface area contributed by atoms with Gasteiger partial charge in [0.15, 0.2) is 5.16 Å². The highest BCUT2D eigenvalue weighted by Crippen LogP contribution is 2.27. The SMILES string of the molecule is CCC(Sc1nc(-c2ccc(OC)cc2)cc(=O)[nH]1)C(=O)Nc1ccccc1Cl. The highest BCUT2D eigenvalue weighted by atomic mass is 35.5. The number of nitrogens with one attached hydrogen (secondary N) is 2. The van der Waals surface area contributed by atoms with Gasteiger partial charge in [-0.05, 0) is 42.8 Å². The number of H-pyrrole nitrogens is 1. The number of nitrogens with zero attached hydrogens (tertiary/aromatic N) is 1. The Hall–Kier alpha value is -2.77. The van der Waals surface area contributed by atoms with Crippen molar-refractivity contribution in [3.8, 4) is 17.0 Å². The maximum absolute atomic E-state index is 12.7. The third-order valence-electron chi connectivity index (χ3n) is 4.15. The van der Waals surface area contributed by atoms with E-state index in [4.69, 9.17) is 16.3 Å². The van der Waals surface area contributed by atoms with Crippen LogP contribution in [0.2, 0.25) is 5.02 Å². The Morgan fingerprint density at radius 3 is 2.62 bits per heavy atom. The number of anilines is 1. The number of benzene rings is 2. The van der Waals surface area contributed by atoms with Gasteiger partial charge in [0, 0.05) is 11.6 Å². The van der Waals surface area contributed by atoms with Gasteiger partial charge in [-0.1, -0.05) is 42.4 Å². The minimum absolute atomic E-state index is 0.205. The second-order valence-corrected chi connectivity index (χ2v) is 7.75. The molecule has 1 unspecified atom stereocenters. The molecule has 0 aliphatic carbocycles. The number of carbonyl (C=O) groups excluding carboxylic acids is 1. The van der Waals surface area contributed by atoms with Gasteiger partial charge < -0.3 is 15.0 Å². The van der Waals surface area contributed by atoms with Crippen LogP contribution in [0.25, 0.3) is 11.3 Å². The highest BCUT2D eigenvalue weighted by molar-refractivity contribution is 8.00. The maximum atomic E-state index is 12.7. The molecule has 0 fully saturated rings. The van der Waals surface area contributed by atoms with Gasteiger partial charge in [0.05, 0.1) is 28.8 Å². The summed E-state index contributed by atoms with van der Waals surface area (Å²) in [5.74, 6) is 0.513. The number of rotatable bonds is 7. The normalized spacial score (nSPS) is 11.7. The van der Waals surface area contributed by atoms with Gasteiger partial charge in [-0.2, -0.15) is 0 Å².